The normalized spacial score (nSPS) is 12.1. The first-order valence-electron chi connectivity index (χ1n) is 10.5. The molecule has 0 fully saturated rings. The molecule has 3 aromatic heterocycles. The molecule has 0 saturated heterocycles. The Kier molecular flexibility index (Phi) is 7.75. The average molecular weight is 485 g/mol. The van der Waals surface area contributed by atoms with Crippen LogP contribution in [0.15, 0.2) is 72.3 Å². The van der Waals surface area contributed by atoms with Gasteiger partial charge in [0.05, 0.1) is 22.2 Å². The highest BCUT2D eigenvalue weighted by molar-refractivity contribution is 7.90. The number of rotatable bonds is 6. The van der Waals surface area contributed by atoms with Crippen molar-refractivity contribution in [3.05, 3.63) is 84.3 Å². The Balaban J connectivity index is 0.000000197. The van der Waals surface area contributed by atoms with Crippen molar-refractivity contribution in [3.63, 3.8) is 0 Å². The molecule has 0 radical (unpaired) electrons. The number of pyridine rings is 2. The zero-order valence-electron chi connectivity index (χ0n) is 18.7. The highest BCUT2D eigenvalue weighted by Crippen LogP contribution is 2.23. The van der Waals surface area contributed by atoms with Crippen LogP contribution in [-0.4, -0.2) is 40.3 Å². The zero-order chi connectivity index (χ0) is 24.9. The van der Waals surface area contributed by atoms with E-state index in [9.17, 15) is 17.6 Å². The Hall–Kier alpha value is -3.63. The number of carboxylic acids is 1. The second-order valence-electron chi connectivity index (χ2n) is 7.71. The summed E-state index contributed by atoms with van der Waals surface area (Å²) in [5.74, 6) is -1.33. The van der Waals surface area contributed by atoms with Crippen LogP contribution in [0.1, 0.15) is 41.7 Å². The van der Waals surface area contributed by atoms with E-state index in [-0.39, 0.29) is 22.3 Å². The van der Waals surface area contributed by atoms with E-state index in [1.807, 2.05) is 6.92 Å². The van der Waals surface area contributed by atoms with Gasteiger partial charge in [0.2, 0.25) is 0 Å². The molecule has 0 aliphatic heterocycles. The smallest absolute Gasteiger partial charge is 0.337 e. The van der Waals surface area contributed by atoms with Crippen molar-refractivity contribution in [1.82, 2.24) is 14.5 Å². The lowest BCUT2D eigenvalue weighted by molar-refractivity contribution is 0.0698. The summed E-state index contributed by atoms with van der Waals surface area (Å²) >= 11 is 0. The lowest BCUT2D eigenvalue weighted by Crippen LogP contribution is -2.11. The molecule has 0 aliphatic carbocycles. The number of nitrogens with zero attached hydrogens (tertiary/aromatic N) is 3. The van der Waals surface area contributed by atoms with E-state index >= 15 is 0 Å². The van der Waals surface area contributed by atoms with Gasteiger partial charge in [-0.05, 0) is 48.4 Å². The number of hydrogen-bond donors (Lipinski definition) is 2. The van der Waals surface area contributed by atoms with Crippen LogP contribution in [0.25, 0.3) is 16.6 Å². The summed E-state index contributed by atoms with van der Waals surface area (Å²) < 4.78 is 37.3. The molecule has 178 valence electrons. The molecular formula is C24H25FN4O4S. The highest BCUT2D eigenvalue weighted by atomic mass is 32.2. The first kappa shape index (κ1) is 25.0. The maximum atomic E-state index is 12.9. The van der Waals surface area contributed by atoms with Crippen LogP contribution in [0.3, 0.4) is 0 Å². The molecule has 3 heterocycles. The molecule has 0 unspecified atom stereocenters. The van der Waals surface area contributed by atoms with Gasteiger partial charge in [-0.25, -0.2) is 17.6 Å². The molecule has 34 heavy (non-hydrogen) atoms. The Bertz CT molecular complexity index is 1400. The van der Waals surface area contributed by atoms with Gasteiger partial charge in [0.15, 0.2) is 9.84 Å². The van der Waals surface area contributed by atoms with Crippen molar-refractivity contribution in [2.24, 2.45) is 5.73 Å². The number of aromatic carboxylic acids is 1. The van der Waals surface area contributed by atoms with Crippen LogP contribution < -0.4 is 5.73 Å². The van der Waals surface area contributed by atoms with E-state index in [2.05, 4.69) is 9.97 Å². The SMILES string of the molecule is CCC[C@H](N)c1cncc(S(C)(=O)=O)c1.O=C(O)c1cncc2c1ccn2-c1ccc(F)cc1. The van der Waals surface area contributed by atoms with E-state index in [4.69, 9.17) is 10.8 Å². The molecule has 3 N–H and O–H groups in total. The third-order valence-corrected chi connectivity index (χ3v) is 6.22. The van der Waals surface area contributed by atoms with Gasteiger partial charge in [-0.15, -0.1) is 0 Å². The Morgan fingerprint density at radius 3 is 2.41 bits per heavy atom. The van der Waals surface area contributed by atoms with Crippen molar-refractivity contribution in [3.8, 4) is 5.69 Å². The zero-order valence-corrected chi connectivity index (χ0v) is 19.5. The maximum Gasteiger partial charge on any atom is 0.337 e. The quantitative estimate of drug-likeness (QED) is 0.421. The third kappa shape index (κ3) is 5.83. The lowest BCUT2D eigenvalue weighted by Gasteiger charge is -2.10. The van der Waals surface area contributed by atoms with Gasteiger partial charge in [0, 0.05) is 48.2 Å². The number of fused-ring (bicyclic) bond motifs is 1. The number of benzene rings is 1. The number of halogens is 1. The molecule has 0 aliphatic rings. The number of carboxylic acid groups (broad SMARTS) is 1. The van der Waals surface area contributed by atoms with Gasteiger partial charge in [-0.2, -0.15) is 0 Å². The highest BCUT2D eigenvalue weighted by Gasteiger charge is 2.13. The molecule has 1 atom stereocenters. The van der Waals surface area contributed by atoms with Gasteiger partial charge in [-0.1, -0.05) is 13.3 Å². The number of hydrogen-bond acceptors (Lipinski definition) is 6. The molecule has 8 nitrogen and oxygen atoms in total. The predicted molar refractivity (Wildman–Crippen MR) is 127 cm³/mol. The minimum atomic E-state index is -3.19. The molecule has 0 amide bonds. The molecule has 4 rings (SSSR count). The average Bonchev–Trinajstić information content (AvgIpc) is 3.24. The van der Waals surface area contributed by atoms with E-state index in [1.54, 1.807) is 47.4 Å². The van der Waals surface area contributed by atoms with E-state index < -0.39 is 15.8 Å². The van der Waals surface area contributed by atoms with Gasteiger partial charge >= 0.3 is 5.97 Å². The molecule has 0 saturated carbocycles. The monoisotopic (exact) mass is 484 g/mol. The van der Waals surface area contributed by atoms with E-state index in [0.717, 1.165) is 24.1 Å². The fourth-order valence-corrected chi connectivity index (χ4v) is 3.97. The van der Waals surface area contributed by atoms with Gasteiger partial charge in [-0.3, -0.25) is 9.97 Å². The number of carbonyl (C=O) groups is 1. The molecule has 0 spiro atoms. The van der Waals surface area contributed by atoms with Crippen LogP contribution >= 0.6 is 0 Å². The molecular weight excluding hydrogens is 459 g/mol. The largest absolute Gasteiger partial charge is 0.478 e. The van der Waals surface area contributed by atoms with Crippen LogP contribution in [0.4, 0.5) is 4.39 Å². The van der Waals surface area contributed by atoms with Crippen molar-refractivity contribution in [2.45, 2.75) is 30.7 Å². The first-order chi connectivity index (χ1) is 16.1. The first-order valence-corrected chi connectivity index (χ1v) is 12.4. The van der Waals surface area contributed by atoms with Gasteiger partial charge < -0.3 is 15.4 Å². The summed E-state index contributed by atoms with van der Waals surface area (Å²) in [6.07, 6.45) is 10.6. The maximum absolute atomic E-state index is 12.9. The minimum Gasteiger partial charge on any atom is -0.478 e. The van der Waals surface area contributed by atoms with Crippen molar-refractivity contribution < 1.29 is 22.7 Å². The minimum absolute atomic E-state index is 0.135. The molecule has 1 aromatic carbocycles. The summed E-state index contributed by atoms with van der Waals surface area (Å²) in [7, 11) is -3.19. The van der Waals surface area contributed by atoms with Crippen LogP contribution in [0.5, 0.6) is 0 Å². The second kappa shape index (κ2) is 10.5. The predicted octanol–water partition coefficient (Wildman–Crippen LogP) is 4.15. The lowest BCUT2D eigenvalue weighted by atomic mass is 10.1. The third-order valence-electron chi connectivity index (χ3n) is 5.14. The van der Waals surface area contributed by atoms with Crippen LogP contribution in [-0.2, 0) is 9.84 Å². The molecule has 0 bridgehead atoms. The van der Waals surface area contributed by atoms with E-state index in [1.165, 1.54) is 30.8 Å². The number of aromatic nitrogens is 3. The Morgan fingerprint density at radius 2 is 1.79 bits per heavy atom. The van der Waals surface area contributed by atoms with Crippen molar-refractivity contribution in [1.29, 1.82) is 0 Å². The van der Waals surface area contributed by atoms with Gasteiger partial charge in [0.25, 0.3) is 0 Å². The van der Waals surface area contributed by atoms with Gasteiger partial charge in [0.1, 0.15) is 5.82 Å². The Morgan fingerprint density at radius 1 is 1.12 bits per heavy atom. The number of nitrogens with two attached hydrogens (primary N) is 1. The fraction of sp³-hybridized carbons (Fsp3) is 0.208. The van der Waals surface area contributed by atoms with E-state index in [0.29, 0.717) is 10.9 Å². The topological polar surface area (TPSA) is 128 Å². The summed E-state index contributed by atoms with van der Waals surface area (Å²) in [4.78, 5) is 19.2. The standard InChI is InChI=1S/C14H9FN2O2.C10H16N2O2S/c15-9-1-3-10(4-2-9)17-6-5-11-12(14(18)19)7-16-8-13(11)17;1-3-4-10(11)8-5-9(7-12-6-8)15(2,13)14/h1-8H,(H,18,19);5-7,10H,3-4,11H2,1-2H3/t;10-/m.0/s1. The van der Waals surface area contributed by atoms with Crippen molar-refractivity contribution in [2.75, 3.05) is 6.26 Å². The Labute approximate surface area is 196 Å². The van der Waals surface area contributed by atoms with Crippen LogP contribution in [0, 0.1) is 5.82 Å². The molecule has 4 aromatic rings. The summed E-state index contributed by atoms with van der Waals surface area (Å²) in [5, 5.41) is 9.70. The summed E-state index contributed by atoms with van der Waals surface area (Å²) in [6.45, 7) is 2.04. The van der Waals surface area contributed by atoms with Crippen molar-refractivity contribution >= 4 is 26.7 Å². The summed E-state index contributed by atoms with van der Waals surface area (Å²) in [5.41, 5.74) is 8.24. The summed E-state index contributed by atoms with van der Waals surface area (Å²) in [6, 6.07) is 9.14. The molecule has 10 heteroatoms. The van der Waals surface area contributed by atoms with Crippen LogP contribution in [0.2, 0.25) is 0 Å². The fourth-order valence-electron chi connectivity index (χ4n) is 3.37. The number of sulfone groups is 1. The second-order valence-corrected chi connectivity index (χ2v) is 9.72.